The molecule has 2 heterocycles. The van der Waals surface area contributed by atoms with Gasteiger partial charge in [0, 0.05) is 24.4 Å². The number of likely N-dealkylation sites (N-methyl/N-ethyl adjacent to an activating group) is 1. The number of piperidine rings is 1. The summed E-state index contributed by atoms with van der Waals surface area (Å²) in [5.74, 6) is 0. The Hall–Kier alpha value is 0.230. The summed E-state index contributed by atoms with van der Waals surface area (Å²) in [4.78, 5) is 5.16. The predicted molar refractivity (Wildman–Crippen MR) is 62.3 cm³/mol. The summed E-state index contributed by atoms with van der Waals surface area (Å²) in [5.41, 5.74) is 0. The normalized spacial score (nSPS) is 27.9. The molecule has 2 rings (SSSR count). The van der Waals surface area contributed by atoms with Crippen LogP contribution in [0, 0.1) is 0 Å². The van der Waals surface area contributed by atoms with Crippen LogP contribution in [0.2, 0.25) is 0 Å². The molecular formula is C10H21N3S. The molecule has 82 valence electrons. The molecule has 0 amide bonds. The van der Waals surface area contributed by atoms with Gasteiger partial charge in [0.2, 0.25) is 0 Å². The Morgan fingerprint density at radius 1 is 1.29 bits per heavy atom. The maximum atomic E-state index is 5.60. The molecule has 2 saturated heterocycles. The van der Waals surface area contributed by atoms with Crippen molar-refractivity contribution in [3.63, 3.8) is 0 Å². The first-order valence-corrected chi connectivity index (χ1v) is 6.59. The van der Waals surface area contributed by atoms with Gasteiger partial charge in [0.15, 0.2) is 0 Å². The number of hydrogen-bond acceptors (Lipinski definition) is 4. The van der Waals surface area contributed by atoms with Crippen molar-refractivity contribution < 1.29 is 0 Å². The summed E-state index contributed by atoms with van der Waals surface area (Å²) in [5, 5.41) is 6.32. The molecule has 0 radical (unpaired) electrons. The van der Waals surface area contributed by atoms with Crippen LogP contribution >= 0.6 is 11.9 Å². The number of likely N-dealkylation sites (tertiary alicyclic amines) is 2. The Bertz CT molecular complexity index is 174. The van der Waals surface area contributed by atoms with Crippen molar-refractivity contribution in [1.29, 1.82) is 0 Å². The van der Waals surface area contributed by atoms with E-state index in [4.69, 9.17) is 5.14 Å². The minimum absolute atomic E-state index is 0.716. The molecule has 2 fully saturated rings. The van der Waals surface area contributed by atoms with Gasteiger partial charge in [-0.05, 0) is 32.5 Å². The van der Waals surface area contributed by atoms with Gasteiger partial charge in [0.25, 0.3) is 0 Å². The fourth-order valence-electron chi connectivity index (χ4n) is 2.41. The first kappa shape index (κ1) is 10.7. The standard InChI is InChI=1S/C10H21N3S/c1-2-12-7-9(8-12)13-5-3-10(14-11)4-6-13/h9-10H,2-8,11H2,1H3. The second kappa shape index (κ2) is 4.84. The molecule has 0 aromatic carbocycles. The Morgan fingerprint density at radius 2 is 1.93 bits per heavy atom. The lowest BCUT2D eigenvalue weighted by molar-refractivity contribution is 0.0279. The maximum absolute atomic E-state index is 5.60. The van der Waals surface area contributed by atoms with Crippen LogP contribution in [-0.2, 0) is 0 Å². The Labute approximate surface area is 91.1 Å². The molecule has 0 saturated carbocycles. The SMILES string of the molecule is CCN1CC(N2CCC(SN)CC2)C1. The van der Waals surface area contributed by atoms with E-state index < -0.39 is 0 Å². The van der Waals surface area contributed by atoms with Gasteiger partial charge in [-0.2, -0.15) is 0 Å². The third-order valence-electron chi connectivity index (χ3n) is 3.57. The van der Waals surface area contributed by atoms with Crippen LogP contribution in [0.5, 0.6) is 0 Å². The second-order valence-electron chi connectivity index (χ2n) is 4.38. The average Bonchev–Trinajstić information content (AvgIpc) is 2.17. The third-order valence-corrected chi connectivity index (χ3v) is 4.43. The fourth-order valence-corrected chi connectivity index (χ4v) is 2.89. The van der Waals surface area contributed by atoms with Crippen LogP contribution in [0.15, 0.2) is 0 Å². The molecule has 0 aliphatic carbocycles. The topological polar surface area (TPSA) is 32.5 Å². The van der Waals surface area contributed by atoms with E-state index in [1.807, 2.05) is 0 Å². The van der Waals surface area contributed by atoms with E-state index in [9.17, 15) is 0 Å². The molecule has 2 aliphatic rings. The van der Waals surface area contributed by atoms with E-state index in [-0.39, 0.29) is 0 Å². The zero-order valence-electron chi connectivity index (χ0n) is 8.98. The van der Waals surface area contributed by atoms with E-state index in [2.05, 4.69) is 16.7 Å². The van der Waals surface area contributed by atoms with Crippen LogP contribution in [0.25, 0.3) is 0 Å². The van der Waals surface area contributed by atoms with Gasteiger partial charge in [0.05, 0.1) is 0 Å². The Balaban J connectivity index is 1.69. The molecule has 0 bridgehead atoms. The summed E-state index contributed by atoms with van der Waals surface area (Å²) in [7, 11) is 0. The Morgan fingerprint density at radius 3 is 2.43 bits per heavy atom. The van der Waals surface area contributed by atoms with Crippen molar-refractivity contribution in [2.24, 2.45) is 5.14 Å². The predicted octanol–water partition coefficient (Wildman–Crippen LogP) is 0.762. The van der Waals surface area contributed by atoms with Gasteiger partial charge >= 0.3 is 0 Å². The minimum atomic E-state index is 0.716. The molecule has 3 nitrogen and oxygen atoms in total. The summed E-state index contributed by atoms with van der Waals surface area (Å²) in [6.07, 6.45) is 2.56. The van der Waals surface area contributed by atoms with Gasteiger partial charge in [-0.15, -0.1) is 0 Å². The third kappa shape index (κ3) is 2.24. The molecule has 0 atom stereocenters. The van der Waals surface area contributed by atoms with Crippen molar-refractivity contribution in [3.05, 3.63) is 0 Å². The Kier molecular flexibility index (Phi) is 3.71. The highest BCUT2D eigenvalue weighted by atomic mass is 32.2. The zero-order chi connectivity index (χ0) is 9.97. The second-order valence-corrected chi connectivity index (χ2v) is 5.32. The quantitative estimate of drug-likeness (QED) is 0.705. The first-order valence-electron chi connectivity index (χ1n) is 5.65. The average molecular weight is 215 g/mol. The number of hydrogen-bond donors (Lipinski definition) is 1. The molecule has 4 heteroatoms. The molecule has 2 N–H and O–H groups in total. The van der Waals surface area contributed by atoms with Crippen LogP contribution in [-0.4, -0.2) is 53.8 Å². The van der Waals surface area contributed by atoms with Crippen LogP contribution < -0.4 is 5.14 Å². The summed E-state index contributed by atoms with van der Waals surface area (Å²) < 4.78 is 0. The highest BCUT2D eigenvalue weighted by molar-refractivity contribution is 7.97. The number of nitrogens with zero attached hydrogens (tertiary/aromatic N) is 2. The van der Waals surface area contributed by atoms with Gasteiger partial charge in [0.1, 0.15) is 0 Å². The molecular weight excluding hydrogens is 194 g/mol. The minimum Gasteiger partial charge on any atom is -0.300 e. The molecule has 2 aliphatic heterocycles. The lowest BCUT2D eigenvalue weighted by Gasteiger charge is -2.47. The van der Waals surface area contributed by atoms with Crippen molar-refractivity contribution >= 4 is 11.9 Å². The molecule has 14 heavy (non-hydrogen) atoms. The molecule has 0 aromatic rings. The summed E-state index contributed by atoms with van der Waals surface area (Å²) in [6, 6.07) is 0.846. The van der Waals surface area contributed by atoms with E-state index in [0.29, 0.717) is 5.25 Å². The van der Waals surface area contributed by atoms with Crippen LogP contribution in [0.4, 0.5) is 0 Å². The van der Waals surface area contributed by atoms with E-state index in [1.165, 1.54) is 45.6 Å². The van der Waals surface area contributed by atoms with E-state index in [0.717, 1.165) is 6.04 Å². The lowest BCUT2D eigenvalue weighted by Crippen LogP contribution is -2.60. The summed E-state index contributed by atoms with van der Waals surface area (Å²) in [6.45, 7) is 8.56. The van der Waals surface area contributed by atoms with E-state index in [1.54, 1.807) is 11.9 Å². The van der Waals surface area contributed by atoms with Crippen molar-refractivity contribution in [2.75, 3.05) is 32.7 Å². The smallest absolute Gasteiger partial charge is 0.0350 e. The maximum Gasteiger partial charge on any atom is 0.0350 e. The van der Waals surface area contributed by atoms with Crippen LogP contribution in [0.1, 0.15) is 19.8 Å². The van der Waals surface area contributed by atoms with Crippen molar-refractivity contribution in [2.45, 2.75) is 31.1 Å². The van der Waals surface area contributed by atoms with Gasteiger partial charge in [-0.25, -0.2) is 0 Å². The molecule has 0 spiro atoms. The fraction of sp³-hybridized carbons (Fsp3) is 1.00. The number of rotatable bonds is 3. The monoisotopic (exact) mass is 215 g/mol. The number of nitrogens with two attached hydrogens (primary N) is 1. The van der Waals surface area contributed by atoms with Crippen molar-refractivity contribution in [3.8, 4) is 0 Å². The van der Waals surface area contributed by atoms with Crippen molar-refractivity contribution in [1.82, 2.24) is 9.80 Å². The highest BCUT2D eigenvalue weighted by Gasteiger charge is 2.32. The van der Waals surface area contributed by atoms with Gasteiger partial charge in [-0.3, -0.25) is 10.0 Å². The van der Waals surface area contributed by atoms with E-state index >= 15 is 0 Å². The zero-order valence-corrected chi connectivity index (χ0v) is 9.80. The van der Waals surface area contributed by atoms with Crippen LogP contribution in [0.3, 0.4) is 0 Å². The molecule has 0 aromatic heterocycles. The van der Waals surface area contributed by atoms with Gasteiger partial charge in [-0.1, -0.05) is 18.9 Å². The first-order chi connectivity index (χ1) is 6.83. The summed E-state index contributed by atoms with van der Waals surface area (Å²) >= 11 is 1.55. The highest BCUT2D eigenvalue weighted by Crippen LogP contribution is 2.23. The lowest BCUT2D eigenvalue weighted by atomic mass is 10.0. The molecule has 0 unspecified atom stereocenters. The van der Waals surface area contributed by atoms with Gasteiger partial charge < -0.3 is 4.90 Å². The largest absolute Gasteiger partial charge is 0.300 e.